The quantitative estimate of drug-likeness (QED) is 0.573. The summed E-state index contributed by atoms with van der Waals surface area (Å²) in [5, 5.41) is 0. The van der Waals surface area contributed by atoms with Crippen LogP contribution in [0.1, 0.15) is 6.92 Å². The summed E-state index contributed by atoms with van der Waals surface area (Å²) >= 11 is 4.49. The van der Waals surface area contributed by atoms with Crippen molar-refractivity contribution in [1.29, 1.82) is 0 Å². The molecule has 0 aromatic rings. The minimum absolute atomic E-state index is 0. The maximum Gasteiger partial charge on any atom is 0.321 e. The van der Waals surface area contributed by atoms with Crippen LogP contribution >= 0.6 is 36.7 Å². The normalized spacial score (nSPS) is 4.25. The summed E-state index contributed by atoms with van der Waals surface area (Å²) in [5.74, 6) is -0.480. The van der Waals surface area contributed by atoms with Crippen molar-refractivity contribution in [2.75, 3.05) is 0 Å². The van der Waals surface area contributed by atoms with Crippen LogP contribution in [-0.4, -0.2) is 5.97 Å². The van der Waals surface area contributed by atoms with Crippen molar-refractivity contribution < 1.29 is 30.8 Å². The standard InChI is InChI=1S/C2H3ClO2.2ClH.Ti/c1-2(4)5-3;;;/h1H3;2*1H;. The van der Waals surface area contributed by atoms with Gasteiger partial charge in [-0.05, 0) is 0 Å². The molecule has 0 aromatic heterocycles. The molecule has 0 saturated carbocycles. The van der Waals surface area contributed by atoms with Crippen LogP contribution in [0.25, 0.3) is 0 Å². The van der Waals surface area contributed by atoms with E-state index in [2.05, 4.69) is 16.2 Å². The number of hydrogen-bond donors (Lipinski definition) is 0. The van der Waals surface area contributed by atoms with Gasteiger partial charge < -0.3 is 4.29 Å². The molecule has 0 atom stereocenters. The Morgan fingerprint density at radius 3 is 1.62 bits per heavy atom. The van der Waals surface area contributed by atoms with Gasteiger partial charge in [0.05, 0.1) is 0 Å². The van der Waals surface area contributed by atoms with Gasteiger partial charge in [0.15, 0.2) is 0 Å². The molecule has 8 heavy (non-hydrogen) atoms. The van der Waals surface area contributed by atoms with E-state index in [0.29, 0.717) is 0 Å². The molecular weight excluding hydrogens is 210 g/mol. The maximum atomic E-state index is 9.46. The van der Waals surface area contributed by atoms with Gasteiger partial charge in [0.1, 0.15) is 11.9 Å². The molecule has 0 saturated heterocycles. The van der Waals surface area contributed by atoms with E-state index in [1.807, 2.05) is 0 Å². The molecule has 0 amide bonds. The molecule has 0 aliphatic rings. The van der Waals surface area contributed by atoms with Gasteiger partial charge >= 0.3 is 5.97 Å². The van der Waals surface area contributed by atoms with Crippen LogP contribution in [0.3, 0.4) is 0 Å². The fourth-order valence-electron chi connectivity index (χ4n) is 0. The first kappa shape index (κ1) is 23.0. The van der Waals surface area contributed by atoms with Gasteiger partial charge in [-0.2, -0.15) is 0 Å². The smallest absolute Gasteiger partial charge is 0.321 e. The zero-order chi connectivity index (χ0) is 4.28. The van der Waals surface area contributed by atoms with Crippen LogP contribution < -0.4 is 0 Å². The van der Waals surface area contributed by atoms with Gasteiger partial charge in [0.2, 0.25) is 0 Å². The summed E-state index contributed by atoms with van der Waals surface area (Å²) in [4.78, 5) is 9.46. The van der Waals surface area contributed by atoms with Crippen molar-refractivity contribution in [3.8, 4) is 0 Å². The third-order valence-corrected chi connectivity index (χ3v) is 0.326. The Balaban J connectivity index is -0.0000000267. The van der Waals surface area contributed by atoms with Gasteiger partial charge in [0, 0.05) is 28.6 Å². The summed E-state index contributed by atoms with van der Waals surface area (Å²) in [5.41, 5.74) is 0. The molecule has 0 N–H and O–H groups in total. The van der Waals surface area contributed by atoms with Crippen LogP contribution in [0, 0.1) is 0 Å². The summed E-state index contributed by atoms with van der Waals surface area (Å²) in [7, 11) is 0. The zero-order valence-electron chi connectivity index (χ0n) is 4.01. The predicted molar refractivity (Wildman–Crippen MR) is 32.1 cm³/mol. The molecule has 0 radical (unpaired) electrons. The Kier molecular flexibility index (Phi) is 45.1. The molecule has 50 valence electrons. The van der Waals surface area contributed by atoms with Crippen molar-refractivity contribution >= 4 is 42.6 Å². The molecule has 6 heteroatoms. The molecule has 2 nitrogen and oxygen atoms in total. The summed E-state index contributed by atoms with van der Waals surface area (Å²) in [6.45, 7) is 1.23. The first-order chi connectivity index (χ1) is 2.27. The number of carbonyl (C=O) groups excluding carboxylic acids is 1. The predicted octanol–water partition coefficient (Wildman–Crippen LogP) is 1.54. The summed E-state index contributed by atoms with van der Waals surface area (Å²) < 4.78 is 3.58. The van der Waals surface area contributed by atoms with Crippen molar-refractivity contribution in [2.45, 2.75) is 6.92 Å². The van der Waals surface area contributed by atoms with Crippen molar-refractivity contribution in [3.05, 3.63) is 0 Å². The Labute approximate surface area is 80.2 Å². The van der Waals surface area contributed by atoms with E-state index in [4.69, 9.17) is 0 Å². The second-order valence-electron chi connectivity index (χ2n) is 0.569. The molecule has 0 heterocycles. The largest absolute Gasteiger partial charge is 0.348 e. The first-order valence-electron chi connectivity index (χ1n) is 1.06. The van der Waals surface area contributed by atoms with Crippen LogP contribution in [0.2, 0.25) is 0 Å². The molecule has 0 fully saturated rings. The van der Waals surface area contributed by atoms with Gasteiger partial charge in [-0.1, -0.05) is 0 Å². The van der Waals surface area contributed by atoms with E-state index in [9.17, 15) is 4.79 Å². The Bertz CT molecular complexity index is 50.5. The van der Waals surface area contributed by atoms with Crippen LogP contribution in [-0.2, 0) is 30.8 Å². The Hall–Kier alpha value is 1.05. The average molecular weight is 215 g/mol. The Morgan fingerprint density at radius 1 is 1.50 bits per heavy atom. The van der Waals surface area contributed by atoms with Crippen LogP contribution in [0.5, 0.6) is 0 Å². The minimum Gasteiger partial charge on any atom is -0.348 e. The van der Waals surface area contributed by atoms with E-state index in [1.54, 1.807) is 0 Å². The second-order valence-corrected chi connectivity index (χ2v) is 0.723. The number of hydrogen-bond acceptors (Lipinski definition) is 2. The molecule has 0 spiro atoms. The minimum atomic E-state index is -0.480. The molecule has 0 aliphatic heterocycles. The third kappa shape index (κ3) is 27.7. The summed E-state index contributed by atoms with van der Waals surface area (Å²) in [6.07, 6.45) is 0. The molecule has 0 unspecified atom stereocenters. The maximum absolute atomic E-state index is 9.46. The number of carbonyl (C=O) groups is 1. The van der Waals surface area contributed by atoms with Crippen molar-refractivity contribution in [3.63, 3.8) is 0 Å². The van der Waals surface area contributed by atoms with E-state index in [0.717, 1.165) is 0 Å². The van der Waals surface area contributed by atoms with Gasteiger partial charge in [-0.25, -0.2) is 0 Å². The Morgan fingerprint density at radius 2 is 1.62 bits per heavy atom. The van der Waals surface area contributed by atoms with E-state index >= 15 is 0 Å². The molecule has 0 aromatic carbocycles. The molecule has 0 rings (SSSR count). The van der Waals surface area contributed by atoms with Crippen molar-refractivity contribution in [2.24, 2.45) is 0 Å². The molecule has 0 bridgehead atoms. The monoisotopic (exact) mass is 214 g/mol. The second kappa shape index (κ2) is 15.7. The SMILES string of the molecule is CC(=O)OCl.Cl.Cl.[Ti]. The van der Waals surface area contributed by atoms with E-state index in [-0.39, 0.29) is 46.5 Å². The molecule has 0 aliphatic carbocycles. The topological polar surface area (TPSA) is 26.3 Å². The molecular formula is C2H5Cl3O2Ti. The zero-order valence-corrected chi connectivity index (χ0v) is 7.96. The summed E-state index contributed by atoms with van der Waals surface area (Å²) in [6, 6.07) is 0. The van der Waals surface area contributed by atoms with Gasteiger partial charge in [-0.15, -0.1) is 24.8 Å². The first-order valence-corrected chi connectivity index (χ1v) is 1.37. The average Bonchev–Trinajstić information content (AvgIpc) is 1.38. The number of halogens is 3. The van der Waals surface area contributed by atoms with Crippen molar-refractivity contribution in [1.82, 2.24) is 0 Å². The van der Waals surface area contributed by atoms with Gasteiger partial charge in [-0.3, -0.25) is 4.79 Å². The van der Waals surface area contributed by atoms with Crippen LogP contribution in [0.4, 0.5) is 0 Å². The van der Waals surface area contributed by atoms with E-state index < -0.39 is 5.97 Å². The fourth-order valence-corrected chi connectivity index (χ4v) is 0. The van der Waals surface area contributed by atoms with Crippen LogP contribution in [0.15, 0.2) is 0 Å². The van der Waals surface area contributed by atoms with Gasteiger partial charge in [0.25, 0.3) is 0 Å². The third-order valence-electron chi connectivity index (χ3n) is 0.109. The fraction of sp³-hybridized carbons (Fsp3) is 0.500. The number of rotatable bonds is 0. The van der Waals surface area contributed by atoms with E-state index in [1.165, 1.54) is 6.92 Å².